The molecule has 190 valence electrons. The highest BCUT2D eigenvalue weighted by atomic mass is 35.5. The SMILES string of the molecule is O=C(O)NC1(c2ccc(-c3nc4c(OCc5ccccc5)cc(Cl)nn4c3-c3ccccc3)cc2)CCC1. The second-order valence-corrected chi connectivity index (χ2v) is 9.85. The maximum absolute atomic E-state index is 11.4. The van der Waals surface area contributed by atoms with E-state index in [1.807, 2.05) is 84.9 Å². The van der Waals surface area contributed by atoms with Gasteiger partial charge in [-0.2, -0.15) is 5.10 Å². The number of aromatic nitrogens is 3. The molecule has 0 spiro atoms. The number of benzene rings is 3. The summed E-state index contributed by atoms with van der Waals surface area (Å²) >= 11 is 6.46. The first kappa shape index (κ1) is 24.0. The molecular formula is C30H25ClN4O3. The Morgan fingerprint density at radius 2 is 1.66 bits per heavy atom. The Morgan fingerprint density at radius 3 is 2.29 bits per heavy atom. The zero-order chi connectivity index (χ0) is 26.1. The van der Waals surface area contributed by atoms with Crippen LogP contribution in [0, 0.1) is 0 Å². The molecule has 0 atom stereocenters. The van der Waals surface area contributed by atoms with Crippen molar-refractivity contribution < 1.29 is 14.6 Å². The predicted molar refractivity (Wildman–Crippen MR) is 146 cm³/mol. The Balaban J connectivity index is 1.45. The summed E-state index contributed by atoms with van der Waals surface area (Å²) in [6.45, 7) is 0.368. The zero-order valence-electron chi connectivity index (χ0n) is 20.5. The van der Waals surface area contributed by atoms with Gasteiger partial charge >= 0.3 is 6.09 Å². The van der Waals surface area contributed by atoms with E-state index in [-0.39, 0.29) is 0 Å². The van der Waals surface area contributed by atoms with E-state index in [1.54, 1.807) is 10.6 Å². The Kier molecular flexibility index (Phi) is 6.21. The van der Waals surface area contributed by atoms with Crippen LogP contribution < -0.4 is 10.1 Å². The number of fused-ring (bicyclic) bond motifs is 1. The summed E-state index contributed by atoms with van der Waals surface area (Å²) < 4.78 is 7.91. The number of nitrogens with zero attached hydrogens (tertiary/aromatic N) is 3. The lowest BCUT2D eigenvalue weighted by atomic mass is 9.72. The van der Waals surface area contributed by atoms with Gasteiger partial charge in [0.1, 0.15) is 12.3 Å². The fourth-order valence-corrected chi connectivity index (χ4v) is 5.21. The van der Waals surface area contributed by atoms with Gasteiger partial charge in [-0.1, -0.05) is 96.5 Å². The van der Waals surface area contributed by atoms with Crippen molar-refractivity contribution in [1.82, 2.24) is 19.9 Å². The van der Waals surface area contributed by atoms with Crippen LogP contribution in [0.3, 0.4) is 0 Å². The van der Waals surface area contributed by atoms with E-state index in [1.165, 1.54) is 0 Å². The van der Waals surface area contributed by atoms with Crippen LogP contribution in [0.25, 0.3) is 28.2 Å². The van der Waals surface area contributed by atoms with E-state index in [9.17, 15) is 9.90 Å². The van der Waals surface area contributed by atoms with E-state index < -0.39 is 11.6 Å². The third-order valence-electron chi connectivity index (χ3n) is 7.07. The number of ether oxygens (including phenoxy) is 1. The molecule has 1 fully saturated rings. The molecule has 0 unspecified atom stereocenters. The van der Waals surface area contributed by atoms with Crippen LogP contribution >= 0.6 is 11.6 Å². The van der Waals surface area contributed by atoms with Gasteiger partial charge in [0.25, 0.3) is 0 Å². The monoisotopic (exact) mass is 524 g/mol. The Hall–Kier alpha value is -4.36. The molecule has 2 heterocycles. The maximum Gasteiger partial charge on any atom is 0.405 e. The lowest BCUT2D eigenvalue weighted by Crippen LogP contribution is -2.50. The van der Waals surface area contributed by atoms with Crippen LogP contribution in [-0.4, -0.2) is 25.8 Å². The van der Waals surface area contributed by atoms with Crippen LogP contribution in [0.5, 0.6) is 5.75 Å². The Morgan fingerprint density at radius 1 is 0.974 bits per heavy atom. The molecule has 1 aliphatic carbocycles. The van der Waals surface area contributed by atoms with E-state index >= 15 is 0 Å². The van der Waals surface area contributed by atoms with Crippen molar-refractivity contribution in [1.29, 1.82) is 0 Å². The Labute approximate surface area is 224 Å². The molecule has 1 saturated carbocycles. The average Bonchev–Trinajstić information content (AvgIpc) is 3.30. The van der Waals surface area contributed by atoms with Crippen molar-refractivity contribution in [2.24, 2.45) is 0 Å². The first-order chi connectivity index (χ1) is 18.5. The first-order valence-corrected chi connectivity index (χ1v) is 12.8. The fraction of sp³-hybridized carbons (Fsp3) is 0.167. The topological polar surface area (TPSA) is 88.8 Å². The number of amides is 1. The quantitative estimate of drug-likeness (QED) is 0.241. The molecular weight excluding hydrogens is 500 g/mol. The molecule has 2 aromatic heterocycles. The summed E-state index contributed by atoms with van der Waals surface area (Å²) in [5.41, 5.74) is 5.36. The number of rotatable bonds is 7. The number of carboxylic acid groups (broad SMARTS) is 1. The Bertz CT molecular complexity index is 1600. The normalized spacial score (nSPS) is 14.1. The molecule has 3 aromatic carbocycles. The van der Waals surface area contributed by atoms with Gasteiger partial charge in [-0.25, -0.2) is 14.3 Å². The van der Waals surface area contributed by atoms with E-state index in [4.69, 9.17) is 21.3 Å². The van der Waals surface area contributed by atoms with Crippen molar-refractivity contribution in [3.05, 3.63) is 107 Å². The minimum absolute atomic E-state index is 0.295. The molecule has 0 saturated heterocycles. The minimum Gasteiger partial charge on any atom is -0.485 e. The van der Waals surface area contributed by atoms with E-state index in [2.05, 4.69) is 10.4 Å². The molecule has 8 heteroatoms. The van der Waals surface area contributed by atoms with Crippen LogP contribution in [0.15, 0.2) is 91.0 Å². The number of carbonyl (C=O) groups is 1. The summed E-state index contributed by atoms with van der Waals surface area (Å²) in [7, 11) is 0. The standard InChI is InChI=1S/C30H25ClN4O3/c31-25-18-24(38-19-20-8-3-1-4-9-20)28-32-26(27(35(28)34-25)22-10-5-2-6-11-22)21-12-14-23(15-13-21)30(16-7-17-30)33-29(36)37/h1-6,8-15,18,33H,7,16-17,19H2,(H,36,37). The smallest absolute Gasteiger partial charge is 0.405 e. The van der Waals surface area contributed by atoms with Crippen LogP contribution in [0.4, 0.5) is 4.79 Å². The highest BCUT2D eigenvalue weighted by Crippen LogP contribution is 2.42. The van der Waals surface area contributed by atoms with E-state index in [0.717, 1.165) is 52.9 Å². The van der Waals surface area contributed by atoms with Crippen molar-refractivity contribution >= 4 is 23.3 Å². The average molecular weight is 525 g/mol. The molecule has 2 N–H and O–H groups in total. The first-order valence-electron chi connectivity index (χ1n) is 12.5. The highest BCUT2D eigenvalue weighted by molar-refractivity contribution is 6.29. The van der Waals surface area contributed by atoms with Crippen LogP contribution in [0.1, 0.15) is 30.4 Å². The van der Waals surface area contributed by atoms with Gasteiger partial charge in [0.15, 0.2) is 16.5 Å². The van der Waals surface area contributed by atoms with Gasteiger partial charge in [0, 0.05) is 17.2 Å². The third kappa shape index (κ3) is 4.46. The number of imidazole rings is 1. The van der Waals surface area contributed by atoms with Gasteiger partial charge in [0.05, 0.1) is 11.2 Å². The van der Waals surface area contributed by atoms with Crippen LogP contribution in [0.2, 0.25) is 5.15 Å². The lowest BCUT2D eigenvalue weighted by molar-refractivity contribution is 0.144. The number of halogens is 1. The summed E-state index contributed by atoms with van der Waals surface area (Å²) in [4.78, 5) is 16.4. The summed E-state index contributed by atoms with van der Waals surface area (Å²) in [6, 6.07) is 29.5. The molecule has 1 aliphatic rings. The highest BCUT2D eigenvalue weighted by Gasteiger charge is 2.40. The molecule has 1 amide bonds. The second kappa shape index (κ2) is 9.84. The fourth-order valence-electron chi connectivity index (χ4n) is 5.03. The number of hydrogen-bond donors (Lipinski definition) is 2. The van der Waals surface area contributed by atoms with Crippen molar-refractivity contribution in [2.45, 2.75) is 31.4 Å². The summed E-state index contributed by atoms with van der Waals surface area (Å²) in [5, 5.41) is 17.0. The molecule has 0 aliphatic heterocycles. The molecule has 0 radical (unpaired) electrons. The van der Waals surface area contributed by atoms with E-state index in [0.29, 0.717) is 23.2 Å². The van der Waals surface area contributed by atoms with Gasteiger partial charge in [-0.05, 0) is 30.4 Å². The van der Waals surface area contributed by atoms with Crippen molar-refractivity contribution in [3.8, 4) is 28.3 Å². The maximum atomic E-state index is 11.4. The lowest BCUT2D eigenvalue weighted by Gasteiger charge is -2.42. The number of hydrogen-bond acceptors (Lipinski definition) is 4. The van der Waals surface area contributed by atoms with Gasteiger partial charge in [-0.15, -0.1) is 0 Å². The van der Waals surface area contributed by atoms with Gasteiger partial charge < -0.3 is 15.2 Å². The van der Waals surface area contributed by atoms with Gasteiger partial charge in [-0.3, -0.25) is 0 Å². The van der Waals surface area contributed by atoms with Gasteiger partial charge in [0.2, 0.25) is 0 Å². The predicted octanol–water partition coefficient (Wildman–Crippen LogP) is 6.94. The molecule has 7 nitrogen and oxygen atoms in total. The zero-order valence-corrected chi connectivity index (χ0v) is 21.2. The van der Waals surface area contributed by atoms with Crippen molar-refractivity contribution in [3.63, 3.8) is 0 Å². The second-order valence-electron chi connectivity index (χ2n) is 9.46. The molecule has 6 rings (SSSR count). The van der Waals surface area contributed by atoms with Crippen LogP contribution in [-0.2, 0) is 12.1 Å². The summed E-state index contributed by atoms with van der Waals surface area (Å²) in [6.07, 6.45) is 1.55. The number of nitrogens with one attached hydrogen (secondary N) is 1. The summed E-state index contributed by atoms with van der Waals surface area (Å²) in [5.74, 6) is 0.535. The molecule has 38 heavy (non-hydrogen) atoms. The largest absolute Gasteiger partial charge is 0.485 e. The molecule has 0 bridgehead atoms. The van der Waals surface area contributed by atoms with Crippen molar-refractivity contribution in [2.75, 3.05) is 0 Å². The molecule has 5 aromatic rings. The third-order valence-corrected chi connectivity index (χ3v) is 7.25. The minimum atomic E-state index is -1.01.